The number of aliphatic hydroxyl groups excluding tert-OH is 1. The van der Waals surface area contributed by atoms with Crippen LogP contribution in [0.4, 0.5) is 0 Å². The van der Waals surface area contributed by atoms with E-state index in [9.17, 15) is 19.5 Å². The summed E-state index contributed by atoms with van der Waals surface area (Å²) in [7, 11) is 0. The Morgan fingerprint density at radius 3 is 2.57 bits per heavy atom. The highest BCUT2D eigenvalue weighted by Crippen LogP contribution is 2.44. The highest BCUT2D eigenvalue weighted by atomic mass is 16.8. The van der Waals surface area contributed by atoms with Crippen molar-refractivity contribution in [3.05, 3.63) is 0 Å². The lowest BCUT2D eigenvalue weighted by Crippen LogP contribution is -2.60. The fraction of sp³-hybridized carbons (Fsp3) is 0.824. The number of fused-ring (bicyclic) bond motifs is 4. The summed E-state index contributed by atoms with van der Waals surface area (Å²) in [5, 5.41) is 10.4. The Bertz CT molecular complexity index is 639. The Morgan fingerprint density at radius 1 is 1.11 bits per heavy atom. The number of aliphatic hydroxyl groups is 1. The Morgan fingerprint density at radius 2 is 1.89 bits per heavy atom. The minimum atomic E-state index is -1.35. The van der Waals surface area contributed by atoms with E-state index in [1.54, 1.807) is 0 Å². The van der Waals surface area contributed by atoms with Crippen molar-refractivity contribution in [3.8, 4) is 0 Å². The van der Waals surface area contributed by atoms with Crippen LogP contribution in [-0.2, 0) is 47.5 Å². The Labute approximate surface area is 160 Å². The van der Waals surface area contributed by atoms with Gasteiger partial charge in [-0.1, -0.05) is 0 Å². The molecule has 4 unspecified atom stereocenters. The predicted molar refractivity (Wildman–Crippen MR) is 84.6 cm³/mol. The van der Waals surface area contributed by atoms with E-state index in [0.29, 0.717) is 12.9 Å². The van der Waals surface area contributed by atoms with E-state index in [1.807, 2.05) is 0 Å². The summed E-state index contributed by atoms with van der Waals surface area (Å²) in [5.41, 5.74) is 0. The lowest BCUT2D eigenvalue weighted by atomic mass is 9.90. The molecule has 4 saturated heterocycles. The first-order valence-electron chi connectivity index (χ1n) is 9.06. The highest BCUT2D eigenvalue weighted by molar-refractivity contribution is 5.67. The number of ether oxygens (including phenoxy) is 7. The normalized spacial score (nSPS) is 46.4. The van der Waals surface area contributed by atoms with Crippen LogP contribution in [0.5, 0.6) is 0 Å². The van der Waals surface area contributed by atoms with Gasteiger partial charge in [0.25, 0.3) is 0 Å². The second kappa shape index (κ2) is 7.65. The van der Waals surface area contributed by atoms with Crippen molar-refractivity contribution >= 4 is 18.2 Å². The van der Waals surface area contributed by atoms with Crippen molar-refractivity contribution in [2.45, 2.75) is 69.2 Å². The van der Waals surface area contributed by atoms with Crippen LogP contribution < -0.4 is 0 Å². The Balaban J connectivity index is 1.52. The van der Waals surface area contributed by atoms with Gasteiger partial charge in [-0.05, 0) is 0 Å². The van der Waals surface area contributed by atoms with Crippen molar-refractivity contribution < 1.29 is 52.6 Å². The van der Waals surface area contributed by atoms with Crippen LogP contribution in [0, 0.1) is 5.92 Å². The first-order chi connectivity index (χ1) is 13.4. The summed E-state index contributed by atoms with van der Waals surface area (Å²) in [6.07, 6.45) is -6.20. The third kappa shape index (κ3) is 3.65. The summed E-state index contributed by atoms with van der Waals surface area (Å²) in [5.74, 6) is -2.36. The average molecular weight is 402 g/mol. The van der Waals surface area contributed by atoms with Gasteiger partial charge in [-0.25, -0.2) is 0 Å². The molecule has 4 fully saturated rings. The summed E-state index contributed by atoms with van der Waals surface area (Å²) in [6, 6.07) is 0. The molecule has 4 aliphatic rings. The molecule has 0 aromatic rings. The maximum Gasteiger partial charge on any atom is 0.303 e. The number of aldehydes is 1. The van der Waals surface area contributed by atoms with Gasteiger partial charge in [0.1, 0.15) is 43.4 Å². The zero-order chi connectivity index (χ0) is 20.0. The van der Waals surface area contributed by atoms with Crippen molar-refractivity contribution in [1.29, 1.82) is 0 Å². The molecule has 156 valence electrons. The van der Waals surface area contributed by atoms with E-state index < -0.39 is 61.0 Å². The fourth-order valence-electron chi connectivity index (χ4n) is 3.82. The molecular formula is C17H22O11. The van der Waals surface area contributed by atoms with Gasteiger partial charge in [-0.2, -0.15) is 0 Å². The van der Waals surface area contributed by atoms with Crippen LogP contribution in [-0.4, -0.2) is 91.9 Å². The third-order valence-electron chi connectivity index (χ3n) is 5.19. The molecule has 0 aromatic carbocycles. The number of hydrogen-bond donors (Lipinski definition) is 1. The molecule has 0 aromatic heterocycles. The van der Waals surface area contributed by atoms with E-state index in [4.69, 9.17) is 33.2 Å². The van der Waals surface area contributed by atoms with Crippen molar-refractivity contribution in [1.82, 2.24) is 0 Å². The van der Waals surface area contributed by atoms with Gasteiger partial charge in [0.2, 0.25) is 0 Å². The van der Waals surface area contributed by atoms with E-state index in [0.717, 1.165) is 0 Å². The molecule has 1 N–H and O–H groups in total. The first-order valence-corrected chi connectivity index (χ1v) is 9.06. The Hall–Kier alpha value is -1.63. The number of hydrogen-bond acceptors (Lipinski definition) is 11. The van der Waals surface area contributed by atoms with Crippen LogP contribution in [0.15, 0.2) is 0 Å². The maximum atomic E-state index is 11.6. The van der Waals surface area contributed by atoms with Crippen molar-refractivity contribution in [2.75, 3.05) is 13.2 Å². The monoisotopic (exact) mass is 402 g/mol. The van der Waals surface area contributed by atoms with Gasteiger partial charge in [0.15, 0.2) is 18.7 Å². The van der Waals surface area contributed by atoms with Crippen LogP contribution in [0.3, 0.4) is 0 Å². The largest absolute Gasteiger partial charge is 0.463 e. The zero-order valence-corrected chi connectivity index (χ0v) is 15.3. The maximum absolute atomic E-state index is 11.6. The van der Waals surface area contributed by atoms with Gasteiger partial charge in [0.05, 0.1) is 18.6 Å². The topological polar surface area (TPSA) is 139 Å². The molecule has 0 aliphatic carbocycles. The zero-order valence-electron chi connectivity index (χ0n) is 15.3. The first kappa shape index (κ1) is 19.7. The summed E-state index contributed by atoms with van der Waals surface area (Å²) >= 11 is 0. The molecule has 4 heterocycles. The molecule has 11 heteroatoms. The van der Waals surface area contributed by atoms with Crippen molar-refractivity contribution in [2.24, 2.45) is 5.92 Å². The summed E-state index contributed by atoms with van der Waals surface area (Å²) < 4.78 is 38.6. The molecular weight excluding hydrogens is 380 g/mol. The molecule has 4 rings (SSSR count). The molecule has 0 saturated carbocycles. The fourth-order valence-corrected chi connectivity index (χ4v) is 3.82. The lowest BCUT2D eigenvalue weighted by molar-refractivity contribution is -0.308. The number of epoxide rings is 1. The highest BCUT2D eigenvalue weighted by Gasteiger charge is 2.63. The van der Waals surface area contributed by atoms with Gasteiger partial charge < -0.3 is 43.1 Å². The third-order valence-corrected chi connectivity index (χ3v) is 5.19. The summed E-state index contributed by atoms with van der Waals surface area (Å²) in [6.45, 7) is 2.41. The molecule has 0 radical (unpaired) electrons. The average Bonchev–Trinajstić information content (AvgIpc) is 3.32. The minimum Gasteiger partial charge on any atom is -0.463 e. The Kier molecular flexibility index (Phi) is 5.38. The predicted octanol–water partition coefficient (Wildman–Crippen LogP) is -1.71. The SMILES string of the molecule is CC(=O)OCC1O[C@@H](O[C@@H]2C3CO[C@H](O3)[C@@H]3OC23)[C@@H](OC(C)=O)C(C=O)[C@@H]1O. The number of rotatable bonds is 6. The quantitative estimate of drug-likeness (QED) is 0.308. The van der Waals surface area contributed by atoms with Crippen LogP contribution in [0.25, 0.3) is 0 Å². The van der Waals surface area contributed by atoms with E-state index in [-0.39, 0.29) is 18.8 Å². The van der Waals surface area contributed by atoms with Crippen LogP contribution in [0.1, 0.15) is 13.8 Å². The summed E-state index contributed by atoms with van der Waals surface area (Å²) in [4.78, 5) is 34.3. The molecule has 10 atom stereocenters. The van der Waals surface area contributed by atoms with Crippen molar-refractivity contribution in [3.63, 3.8) is 0 Å². The number of esters is 2. The van der Waals surface area contributed by atoms with Gasteiger partial charge >= 0.3 is 11.9 Å². The van der Waals surface area contributed by atoms with Gasteiger partial charge in [0, 0.05) is 13.8 Å². The molecule has 0 amide bonds. The molecule has 11 nitrogen and oxygen atoms in total. The number of carbonyl (C=O) groups excluding carboxylic acids is 3. The second-order valence-corrected chi connectivity index (χ2v) is 7.17. The van der Waals surface area contributed by atoms with E-state index >= 15 is 0 Å². The smallest absolute Gasteiger partial charge is 0.303 e. The second-order valence-electron chi connectivity index (χ2n) is 7.17. The van der Waals surface area contributed by atoms with Gasteiger partial charge in [-0.15, -0.1) is 0 Å². The van der Waals surface area contributed by atoms with Gasteiger partial charge in [-0.3, -0.25) is 9.59 Å². The van der Waals surface area contributed by atoms with Crippen LogP contribution in [0.2, 0.25) is 0 Å². The molecule has 4 aliphatic heterocycles. The van der Waals surface area contributed by atoms with E-state index in [2.05, 4.69) is 0 Å². The molecule has 0 spiro atoms. The molecule has 28 heavy (non-hydrogen) atoms. The standard InChI is InChI=1S/C17H22O11/c1-6(19)22-4-9-11(21)8(3-18)12(24-7(2)20)17(25-9)28-13-10-5-23-16(26-10)15-14(13)27-15/h3,8-17,21H,4-5H2,1-2H3/t8?,9?,10?,11-,12-,13+,14?,15+,16+,17-/m0/s1. The molecule has 2 bridgehead atoms. The van der Waals surface area contributed by atoms with Crippen LogP contribution >= 0.6 is 0 Å². The minimum absolute atomic E-state index is 0.246. The van der Waals surface area contributed by atoms with E-state index in [1.165, 1.54) is 13.8 Å². The lowest BCUT2D eigenvalue weighted by Gasteiger charge is -2.43. The number of carbonyl (C=O) groups is 3.